The first kappa shape index (κ1) is 12.5. The van der Waals surface area contributed by atoms with E-state index in [-0.39, 0.29) is 12.4 Å². The van der Waals surface area contributed by atoms with Gasteiger partial charge in [0.15, 0.2) is 5.75 Å². The van der Waals surface area contributed by atoms with Crippen molar-refractivity contribution in [3.05, 3.63) is 21.0 Å². The van der Waals surface area contributed by atoms with Crippen LogP contribution in [-0.4, -0.2) is 16.5 Å². The van der Waals surface area contributed by atoms with Crippen LogP contribution >= 0.6 is 22.6 Å². The average molecular weight is 333 g/mol. The molecule has 3 nitrogen and oxygen atoms in total. The lowest BCUT2D eigenvalue weighted by molar-refractivity contribution is -0.275. The van der Waals surface area contributed by atoms with E-state index >= 15 is 0 Å². The lowest BCUT2D eigenvalue weighted by Gasteiger charge is -2.12. The predicted octanol–water partition coefficient (Wildman–Crippen LogP) is 2.39. The van der Waals surface area contributed by atoms with Crippen LogP contribution in [0.3, 0.4) is 0 Å². The lowest BCUT2D eigenvalue weighted by atomic mass is 10.2. The quantitative estimate of drug-likeness (QED) is 0.845. The first-order chi connectivity index (χ1) is 6.85. The highest BCUT2D eigenvalue weighted by atomic mass is 127. The van der Waals surface area contributed by atoms with Gasteiger partial charge in [0.25, 0.3) is 0 Å². The number of alkyl halides is 3. The Kier molecular flexibility index (Phi) is 3.77. The highest BCUT2D eigenvalue weighted by Crippen LogP contribution is 2.29. The average Bonchev–Trinajstić information content (AvgIpc) is 2.11. The Morgan fingerprint density at radius 2 is 2.13 bits per heavy atom. The van der Waals surface area contributed by atoms with Gasteiger partial charge >= 0.3 is 6.36 Å². The molecular weight excluding hydrogens is 326 g/mol. The number of aliphatic hydroxyl groups excluding tert-OH is 1. The zero-order valence-corrected chi connectivity index (χ0v) is 9.76. The standard InChI is InChI=1S/C8H7F3INO2/c1-4-5(3-14)13-2-6(7(4)12)15-8(9,10)11/h2,14H,3H2,1H3. The molecule has 0 saturated heterocycles. The van der Waals surface area contributed by atoms with Crippen molar-refractivity contribution in [3.63, 3.8) is 0 Å². The zero-order valence-electron chi connectivity index (χ0n) is 7.60. The summed E-state index contributed by atoms with van der Waals surface area (Å²) in [5.41, 5.74) is 0.828. The van der Waals surface area contributed by atoms with Crippen molar-refractivity contribution in [2.24, 2.45) is 0 Å². The molecule has 0 aliphatic heterocycles. The maximum absolute atomic E-state index is 11.9. The molecule has 0 fully saturated rings. The van der Waals surface area contributed by atoms with Gasteiger partial charge in [-0.15, -0.1) is 13.2 Å². The Hall–Kier alpha value is -0.570. The number of hydrogen-bond acceptors (Lipinski definition) is 3. The van der Waals surface area contributed by atoms with Gasteiger partial charge < -0.3 is 9.84 Å². The van der Waals surface area contributed by atoms with Gasteiger partial charge in [-0.1, -0.05) is 0 Å². The highest BCUT2D eigenvalue weighted by molar-refractivity contribution is 14.1. The van der Waals surface area contributed by atoms with Crippen LogP contribution in [0.4, 0.5) is 13.2 Å². The first-order valence-electron chi connectivity index (χ1n) is 3.85. The molecule has 84 valence electrons. The molecule has 1 heterocycles. The van der Waals surface area contributed by atoms with E-state index in [9.17, 15) is 13.2 Å². The first-order valence-corrected chi connectivity index (χ1v) is 4.93. The molecule has 0 bridgehead atoms. The molecule has 0 saturated carbocycles. The maximum Gasteiger partial charge on any atom is 0.573 e. The number of nitrogens with zero attached hydrogens (tertiary/aromatic N) is 1. The van der Waals surface area contributed by atoms with Crippen LogP contribution in [0, 0.1) is 10.5 Å². The molecule has 7 heteroatoms. The molecule has 0 aromatic carbocycles. The molecular formula is C8H7F3INO2. The van der Waals surface area contributed by atoms with Crippen LogP contribution < -0.4 is 4.74 Å². The molecule has 0 unspecified atom stereocenters. The van der Waals surface area contributed by atoms with Crippen molar-refractivity contribution in [3.8, 4) is 5.75 Å². The second-order valence-electron chi connectivity index (χ2n) is 2.71. The van der Waals surface area contributed by atoms with Gasteiger partial charge in [0, 0.05) is 0 Å². The molecule has 0 atom stereocenters. The van der Waals surface area contributed by atoms with E-state index in [1.807, 2.05) is 0 Å². The van der Waals surface area contributed by atoms with Crippen molar-refractivity contribution in [1.82, 2.24) is 4.98 Å². The van der Waals surface area contributed by atoms with Crippen LogP contribution in [0.1, 0.15) is 11.3 Å². The van der Waals surface area contributed by atoms with E-state index < -0.39 is 6.36 Å². The summed E-state index contributed by atoms with van der Waals surface area (Å²) in [7, 11) is 0. The fourth-order valence-electron chi connectivity index (χ4n) is 0.957. The molecule has 0 aliphatic rings. The Bertz CT molecular complexity index is 368. The SMILES string of the molecule is Cc1c(CO)ncc(OC(F)(F)F)c1I. The Morgan fingerprint density at radius 3 is 2.60 bits per heavy atom. The second-order valence-corrected chi connectivity index (χ2v) is 3.79. The van der Waals surface area contributed by atoms with Gasteiger partial charge in [-0.05, 0) is 35.1 Å². The maximum atomic E-state index is 11.9. The molecule has 1 N–H and O–H groups in total. The smallest absolute Gasteiger partial charge is 0.403 e. The Balaban J connectivity index is 3.07. The third-order valence-corrected chi connectivity index (χ3v) is 3.03. The third-order valence-electron chi connectivity index (χ3n) is 1.69. The Morgan fingerprint density at radius 1 is 1.53 bits per heavy atom. The fourth-order valence-corrected chi connectivity index (χ4v) is 1.52. The molecule has 0 spiro atoms. The van der Waals surface area contributed by atoms with Crippen LogP contribution in [-0.2, 0) is 6.61 Å². The normalized spacial score (nSPS) is 11.6. The summed E-state index contributed by atoms with van der Waals surface area (Å²) in [6.45, 7) is 1.26. The van der Waals surface area contributed by atoms with Gasteiger partial charge in [-0.2, -0.15) is 0 Å². The molecule has 0 radical (unpaired) electrons. The van der Waals surface area contributed by atoms with Gasteiger partial charge in [-0.3, -0.25) is 4.98 Å². The summed E-state index contributed by atoms with van der Waals surface area (Å²) >= 11 is 1.72. The number of pyridine rings is 1. The van der Waals surface area contributed by atoms with Crippen molar-refractivity contribution in [1.29, 1.82) is 0 Å². The van der Waals surface area contributed by atoms with Crippen LogP contribution in [0.15, 0.2) is 6.20 Å². The minimum absolute atomic E-state index is 0.295. The third kappa shape index (κ3) is 3.20. The van der Waals surface area contributed by atoms with Gasteiger partial charge in [-0.25, -0.2) is 0 Å². The topological polar surface area (TPSA) is 42.4 Å². The highest BCUT2D eigenvalue weighted by Gasteiger charge is 2.32. The predicted molar refractivity (Wildman–Crippen MR) is 54.3 cm³/mol. The van der Waals surface area contributed by atoms with Crippen molar-refractivity contribution in [2.75, 3.05) is 0 Å². The summed E-state index contributed by atoms with van der Waals surface area (Å²) < 4.78 is 39.9. The summed E-state index contributed by atoms with van der Waals surface area (Å²) in [4.78, 5) is 3.66. The molecule has 1 rings (SSSR count). The Labute approximate surface area is 97.4 Å². The summed E-state index contributed by atoms with van der Waals surface area (Å²) in [6.07, 6.45) is -3.78. The molecule has 1 aromatic rings. The number of aromatic nitrogens is 1. The summed E-state index contributed by atoms with van der Waals surface area (Å²) in [6, 6.07) is 0. The van der Waals surface area contributed by atoms with Crippen molar-refractivity contribution < 1.29 is 23.0 Å². The molecule has 0 amide bonds. The molecule has 1 aromatic heterocycles. The monoisotopic (exact) mass is 333 g/mol. The zero-order chi connectivity index (χ0) is 11.6. The van der Waals surface area contributed by atoms with E-state index in [4.69, 9.17) is 5.11 Å². The van der Waals surface area contributed by atoms with Crippen LogP contribution in [0.2, 0.25) is 0 Å². The summed E-state index contributed by atoms with van der Waals surface area (Å²) in [5.74, 6) is -0.349. The number of aliphatic hydroxyl groups is 1. The van der Waals surface area contributed by atoms with Gasteiger partial charge in [0.2, 0.25) is 0 Å². The van der Waals surface area contributed by atoms with E-state index in [1.165, 1.54) is 0 Å². The lowest BCUT2D eigenvalue weighted by Crippen LogP contribution is -2.18. The molecule has 0 aliphatic carbocycles. The molecule has 15 heavy (non-hydrogen) atoms. The summed E-state index contributed by atoms with van der Waals surface area (Å²) in [5, 5.41) is 8.84. The minimum atomic E-state index is -4.73. The van der Waals surface area contributed by atoms with E-state index in [0.717, 1.165) is 6.20 Å². The number of hydrogen-bond donors (Lipinski definition) is 1. The van der Waals surface area contributed by atoms with Crippen molar-refractivity contribution >= 4 is 22.6 Å². The second kappa shape index (κ2) is 4.52. The largest absolute Gasteiger partial charge is 0.573 e. The fraction of sp³-hybridized carbons (Fsp3) is 0.375. The number of rotatable bonds is 2. The number of halogens is 4. The minimum Gasteiger partial charge on any atom is -0.403 e. The van der Waals surface area contributed by atoms with E-state index in [0.29, 0.717) is 14.8 Å². The van der Waals surface area contributed by atoms with Gasteiger partial charge in [0.05, 0.1) is 22.1 Å². The van der Waals surface area contributed by atoms with Crippen LogP contribution in [0.25, 0.3) is 0 Å². The van der Waals surface area contributed by atoms with Crippen molar-refractivity contribution in [2.45, 2.75) is 19.9 Å². The van der Waals surface area contributed by atoms with Crippen LogP contribution in [0.5, 0.6) is 5.75 Å². The van der Waals surface area contributed by atoms with E-state index in [1.54, 1.807) is 29.5 Å². The number of ether oxygens (including phenoxy) is 1. The van der Waals surface area contributed by atoms with E-state index in [2.05, 4.69) is 9.72 Å². The van der Waals surface area contributed by atoms with Gasteiger partial charge in [0.1, 0.15) is 0 Å².